The zero-order valence-corrected chi connectivity index (χ0v) is 15.5. The van der Waals surface area contributed by atoms with Crippen molar-refractivity contribution in [3.8, 4) is 0 Å². The second kappa shape index (κ2) is 9.29. The van der Waals surface area contributed by atoms with Gasteiger partial charge in [-0.3, -0.25) is 4.99 Å². The van der Waals surface area contributed by atoms with Gasteiger partial charge in [0, 0.05) is 31.1 Å². The maximum atomic E-state index is 12.3. The maximum absolute atomic E-state index is 12.3. The van der Waals surface area contributed by atoms with Gasteiger partial charge in [0.05, 0.1) is 6.54 Å². The third-order valence-electron chi connectivity index (χ3n) is 3.18. The minimum atomic E-state index is -4.61. The normalized spacial score (nSPS) is 22.0. The fourth-order valence-electron chi connectivity index (χ4n) is 1.91. The predicted octanol–water partition coefficient (Wildman–Crippen LogP) is 2.18. The minimum absolute atomic E-state index is 0. The molecule has 2 N–H and O–H groups in total. The Labute approximate surface area is 145 Å². The predicted molar refractivity (Wildman–Crippen MR) is 91.5 cm³/mol. The molecule has 1 rings (SSSR count). The van der Waals surface area contributed by atoms with Crippen LogP contribution in [0.4, 0.5) is 13.2 Å². The van der Waals surface area contributed by atoms with E-state index in [2.05, 4.69) is 24.2 Å². The number of nitrogens with zero attached hydrogens (tertiary/aromatic N) is 2. The number of halogens is 4. The molecule has 4 nitrogen and oxygen atoms in total. The number of aliphatic hydroxyl groups is 1. The number of rotatable bonds is 3. The quantitative estimate of drug-likeness (QED) is 0.401. The van der Waals surface area contributed by atoms with Crippen molar-refractivity contribution in [2.24, 2.45) is 10.9 Å². The van der Waals surface area contributed by atoms with Crippen LogP contribution >= 0.6 is 35.7 Å². The highest BCUT2D eigenvalue weighted by Crippen LogP contribution is 2.25. The Morgan fingerprint density at radius 3 is 2.57 bits per heavy atom. The number of aliphatic imine (C=N–C) groups is 1. The zero-order valence-electron chi connectivity index (χ0n) is 12.4. The number of thioether (sulfide) groups is 1. The Bertz CT molecular complexity index is 342. The van der Waals surface area contributed by atoms with Crippen LogP contribution in [0.2, 0.25) is 0 Å². The zero-order chi connectivity index (χ0) is 15.3. The first-order valence-electron chi connectivity index (χ1n) is 6.57. The van der Waals surface area contributed by atoms with Gasteiger partial charge < -0.3 is 15.3 Å². The number of alkyl halides is 3. The first kappa shape index (κ1) is 21.1. The van der Waals surface area contributed by atoms with E-state index in [1.165, 1.54) is 7.05 Å². The van der Waals surface area contributed by atoms with Crippen molar-refractivity contribution in [2.45, 2.75) is 31.4 Å². The molecule has 0 aromatic rings. The third-order valence-corrected chi connectivity index (χ3v) is 4.72. The lowest BCUT2D eigenvalue weighted by Crippen LogP contribution is -2.51. The molecule has 0 aromatic carbocycles. The highest BCUT2D eigenvalue weighted by Gasteiger charge is 2.38. The van der Waals surface area contributed by atoms with Crippen molar-refractivity contribution in [1.29, 1.82) is 0 Å². The Morgan fingerprint density at radius 1 is 1.48 bits per heavy atom. The molecule has 1 fully saturated rings. The molecule has 0 bridgehead atoms. The number of hydrogen-bond acceptors (Lipinski definition) is 3. The molecule has 1 saturated heterocycles. The van der Waals surface area contributed by atoms with Crippen LogP contribution in [0.5, 0.6) is 0 Å². The van der Waals surface area contributed by atoms with E-state index in [1.807, 2.05) is 16.7 Å². The van der Waals surface area contributed by atoms with Crippen molar-refractivity contribution in [2.75, 3.05) is 32.4 Å². The maximum Gasteiger partial charge on any atom is 0.416 e. The van der Waals surface area contributed by atoms with E-state index in [4.69, 9.17) is 5.11 Å². The smallest absolute Gasteiger partial charge is 0.382 e. The Morgan fingerprint density at radius 2 is 2.10 bits per heavy atom. The van der Waals surface area contributed by atoms with E-state index < -0.39 is 18.8 Å². The topological polar surface area (TPSA) is 47.9 Å². The van der Waals surface area contributed by atoms with Gasteiger partial charge in [0.2, 0.25) is 0 Å². The van der Waals surface area contributed by atoms with Crippen LogP contribution in [0.25, 0.3) is 0 Å². The molecule has 0 amide bonds. The molecule has 0 radical (unpaired) electrons. The van der Waals surface area contributed by atoms with E-state index in [0.29, 0.717) is 17.1 Å². The summed E-state index contributed by atoms with van der Waals surface area (Å²) in [5.74, 6) is 1.84. The van der Waals surface area contributed by atoms with Crippen LogP contribution in [0.3, 0.4) is 0 Å². The second-order valence-corrected chi connectivity index (χ2v) is 6.43. The lowest BCUT2D eigenvalue weighted by Gasteiger charge is -2.36. The highest BCUT2D eigenvalue weighted by atomic mass is 127. The van der Waals surface area contributed by atoms with Crippen molar-refractivity contribution >= 4 is 41.7 Å². The average molecular weight is 441 g/mol. The lowest BCUT2D eigenvalue weighted by molar-refractivity contribution is -0.201. The molecule has 0 saturated carbocycles. The number of guanidine groups is 1. The summed E-state index contributed by atoms with van der Waals surface area (Å²) in [4.78, 5) is 5.95. The van der Waals surface area contributed by atoms with Gasteiger partial charge in [0.1, 0.15) is 0 Å². The number of aliphatic hydroxyl groups excluding tert-OH is 1. The molecule has 21 heavy (non-hydrogen) atoms. The third kappa shape index (κ3) is 6.81. The summed E-state index contributed by atoms with van der Waals surface area (Å²) >= 11 is 1.88. The van der Waals surface area contributed by atoms with Gasteiger partial charge in [0.15, 0.2) is 12.1 Å². The summed E-state index contributed by atoms with van der Waals surface area (Å²) in [5.41, 5.74) is 0. The first-order valence-corrected chi connectivity index (χ1v) is 7.62. The molecule has 0 spiro atoms. The van der Waals surface area contributed by atoms with Crippen molar-refractivity contribution in [3.63, 3.8) is 0 Å². The van der Waals surface area contributed by atoms with Gasteiger partial charge in [-0.15, -0.1) is 24.0 Å². The molecule has 1 heterocycles. The SMILES string of the molecule is CN=C(NCC(O)C(F)(F)F)N1CCSC(C(C)C)C1.I. The molecule has 2 unspecified atom stereocenters. The molecule has 9 heteroatoms. The van der Waals surface area contributed by atoms with Crippen LogP contribution in [-0.4, -0.2) is 65.9 Å². The summed E-state index contributed by atoms with van der Waals surface area (Å²) in [7, 11) is 1.54. The van der Waals surface area contributed by atoms with Gasteiger partial charge in [-0.1, -0.05) is 13.8 Å². The molecule has 2 atom stereocenters. The number of hydrogen-bond donors (Lipinski definition) is 2. The van der Waals surface area contributed by atoms with Crippen molar-refractivity contribution < 1.29 is 18.3 Å². The fourth-order valence-corrected chi connectivity index (χ4v) is 3.21. The molecule has 0 aromatic heterocycles. The van der Waals surface area contributed by atoms with E-state index in [0.717, 1.165) is 18.8 Å². The molecule has 1 aliphatic rings. The lowest BCUT2D eigenvalue weighted by atomic mass is 10.1. The summed E-state index contributed by atoms with van der Waals surface area (Å²) in [5, 5.41) is 12.0. The first-order chi connectivity index (χ1) is 9.25. The monoisotopic (exact) mass is 441 g/mol. The van der Waals surface area contributed by atoms with E-state index >= 15 is 0 Å². The Kier molecular flexibility index (Phi) is 9.33. The minimum Gasteiger partial charge on any atom is -0.382 e. The Balaban J connectivity index is 0.00000400. The standard InChI is InChI=1S/C12H22F3N3OS.HI/c1-8(2)9-7-18(4-5-20-9)11(16-3)17-6-10(19)12(13,14)15;/h8-10,19H,4-7H2,1-3H3,(H,16,17);1H. The van der Waals surface area contributed by atoms with E-state index in [-0.39, 0.29) is 24.0 Å². The summed E-state index contributed by atoms with van der Waals surface area (Å²) in [6, 6.07) is 0. The van der Waals surface area contributed by atoms with Gasteiger partial charge in [-0.2, -0.15) is 24.9 Å². The van der Waals surface area contributed by atoms with Crippen molar-refractivity contribution in [1.82, 2.24) is 10.2 Å². The van der Waals surface area contributed by atoms with Crippen molar-refractivity contribution in [3.05, 3.63) is 0 Å². The van der Waals surface area contributed by atoms with Gasteiger partial charge >= 0.3 is 6.18 Å². The van der Waals surface area contributed by atoms with E-state index in [9.17, 15) is 13.2 Å². The largest absolute Gasteiger partial charge is 0.416 e. The summed E-state index contributed by atoms with van der Waals surface area (Å²) < 4.78 is 36.8. The van der Waals surface area contributed by atoms with Crippen LogP contribution in [0.15, 0.2) is 4.99 Å². The summed E-state index contributed by atoms with van der Waals surface area (Å²) in [6.45, 7) is 5.18. The van der Waals surface area contributed by atoms with Crippen LogP contribution in [0, 0.1) is 5.92 Å². The van der Waals surface area contributed by atoms with E-state index in [1.54, 1.807) is 0 Å². The highest BCUT2D eigenvalue weighted by molar-refractivity contribution is 14.0. The average Bonchev–Trinajstić information content (AvgIpc) is 2.38. The Hall–Kier alpha value is 0.1000. The molecule has 0 aliphatic carbocycles. The second-order valence-electron chi connectivity index (χ2n) is 5.08. The van der Waals surface area contributed by atoms with Gasteiger partial charge in [-0.05, 0) is 5.92 Å². The van der Waals surface area contributed by atoms with Gasteiger partial charge in [0.25, 0.3) is 0 Å². The molecule has 126 valence electrons. The molecular weight excluding hydrogens is 418 g/mol. The molecule has 1 aliphatic heterocycles. The number of nitrogens with one attached hydrogen (secondary N) is 1. The van der Waals surface area contributed by atoms with Crippen LogP contribution in [-0.2, 0) is 0 Å². The van der Waals surface area contributed by atoms with Crippen LogP contribution < -0.4 is 5.32 Å². The van der Waals surface area contributed by atoms with Crippen LogP contribution in [0.1, 0.15) is 13.8 Å². The van der Waals surface area contributed by atoms with Gasteiger partial charge in [-0.25, -0.2) is 0 Å². The summed E-state index contributed by atoms with van der Waals surface area (Å²) in [6.07, 6.45) is -6.98. The molecular formula is C12H23F3IN3OS. The fraction of sp³-hybridized carbons (Fsp3) is 0.917.